The lowest BCUT2D eigenvalue weighted by atomic mass is 9.92. The van der Waals surface area contributed by atoms with Crippen LogP contribution in [0, 0.1) is 5.92 Å². The minimum absolute atomic E-state index is 0.297. The molecular weight excluding hydrogens is 342 g/mol. The van der Waals surface area contributed by atoms with Gasteiger partial charge in [0, 0.05) is 5.69 Å². The number of anilines is 1. The smallest absolute Gasteiger partial charge is 0.325 e. The zero-order chi connectivity index (χ0) is 19.6. The fourth-order valence-corrected chi connectivity index (χ4v) is 3.25. The highest BCUT2D eigenvalue weighted by Crippen LogP contribution is 2.25. The summed E-state index contributed by atoms with van der Waals surface area (Å²) in [6.07, 6.45) is 1.37. The van der Waals surface area contributed by atoms with Gasteiger partial charge in [0.25, 0.3) is 5.91 Å². The molecule has 4 amide bonds. The lowest BCUT2D eigenvalue weighted by Crippen LogP contribution is -2.44. The first-order chi connectivity index (χ1) is 12.8. The Hall–Kier alpha value is -2.89. The van der Waals surface area contributed by atoms with E-state index in [4.69, 9.17) is 0 Å². The molecule has 1 atom stereocenters. The molecule has 0 unspecified atom stereocenters. The largest absolute Gasteiger partial charge is 0.325 e. The minimum Gasteiger partial charge on any atom is -0.325 e. The molecule has 1 aliphatic heterocycles. The summed E-state index contributed by atoms with van der Waals surface area (Å²) in [7, 11) is 0. The van der Waals surface area contributed by atoms with E-state index < -0.39 is 17.5 Å². The molecule has 2 N–H and O–H groups in total. The molecule has 0 aliphatic carbocycles. The summed E-state index contributed by atoms with van der Waals surface area (Å²) in [4.78, 5) is 38.3. The Labute approximate surface area is 158 Å². The molecule has 6 nitrogen and oxygen atoms in total. The van der Waals surface area contributed by atoms with E-state index in [0.717, 1.165) is 22.1 Å². The number of rotatable bonds is 6. The van der Waals surface area contributed by atoms with Crippen LogP contribution in [-0.2, 0) is 9.59 Å². The van der Waals surface area contributed by atoms with Crippen molar-refractivity contribution in [3.63, 3.8) is 0 Å². The Morgan fingerprint density at radius 1 is 1.15 bits per heavy atom. The minimum atomic E-state index is -0.940. The van der Waals surface area contributed by atoms with Crippen molar-refractivity contribution in [2.75, 3.05) is 11.9 Å². The van der Waals surface area contributed by atoms with Crippen molar-refractivity contribution in [1.29, 1.82) is 0 Å². The Kier molecular flexibility index (Phi) is 5.17. The van der Waals surface area contributed by atoms with Crippen LogP contribution >= 0.6 is 0 Å². The summed E-state index contributed by atoms with van der Waals surface area (Å²) < 4.78 is 0. The second-order valence-electron chi connectivity index (χ2n) is 7.70. The van der Waals surface area contributed by atoms with Crippen LogP contribution in [0.1, 0.15) is 33.6 Å². The SMILES string of the molecule is CC(C)CC[C@@]1(C)NC(=O)N(CC(=O)Nc2ccc3ccccc3c2)C1=O. The quantitative estimate of drug-likeness (QED) is 0.767. The summed E-state index contributed by atoms with van der Waals surface area (Å²) in [6.45, 7) is 5.56. The maximum absolute atomic E-state index is 12.7. The first-order valence-corrected chi connectivity index (χ1v) is 9.21. The standard InChI is InChI=1S/C21H25N3O3/c1-14(2)10-11-21(3)19(26)24(20(27)23-21)13-18(25)22-17-9-8-15-6-4-5-7-16(15)12-17/h4-9,12,14H,10-11,13H2,1-3H3,(H,22,25)(H,23,27)/t21-/m1/s1. The van der Waals surface area contributed by atoms with Gasteiger partial charge in [-0.25, -0.2) is 4.79 Å². The average molecular weight is 367 g/mol. The monoisotopic (exact) mass is 367 g/mol. The van der Waals surface area contributed by atoms with E-state index >= 15 is 0 Å². The molecule has 3 rings (SSSR count). The van der Waals surface area contributed by atoms with Crippen LogP contribution in [-0.4, -0.2) is 34.8 Å². The highest BCUT2D eigenvalue weighted by atomic mass is 16.2. The molecule has 2 aromatic carbocycles. The van der Waals surface area contributed by atoms with Gasteiger partial charge in [0.15, 0.2) is 0 Å². The lowest BCUT2D eigenvalue weighted by molar-refractivity contribution is -0.133. The van der Waals surface area contributed by atoms with Crippen molar-refractivity contribution >= 4 is 34.3 Å². The fraction of sp³-hybridized carbons (Fsp3) is 0.381. The fourth-order valence-electron chi connectivity index (χ4n) is 3.25. The Bertz CT molecular complexity index is 893. The number of carbonyl (C=O) groups is 3. The molecule has 27 heavy (non-hydrogen) atoms. The predicted octanol–water partition coefficient (Wildman–Crippen LogP) is 3.53. The number of nitrogens with one attached hydrogen (secondary N) is 2. The van der Waals surface area contributed by atoms with Crippen LogP contribution < -0.4 is 10.6 Å². The lowest BCUT2D eigenvalue weighted by Gasteiger charge is -2.22. The number of carbonyl (C=O) groups excluding carboxylic acids is 3. The molecule has 6 heteroatoms. The van der Waals surface area contributed by atoms with Crippen molar-refractivity contribution in [2.45, 2.75) is 39.2 Å². The summed E-state index contributed by atoms with van der Waals surface area (Å²) in [5.41, 5.74) is -0.307. The van der Waals surface area contributed by atoms with Crippen molar-refractivity contribution < 1.29 is 14.4 Å². The molecule has 0 radical (unpaired) electrons. The van der Waals surface area contributed by atoms with Crippen LogP contribution in [0.2, 0.25) is 0 Å². The van der Waals surface area contributed by atoms with Gasteiger partial charge < -0.3 is 10.6 Å². The number of urea groups is 1. The second-order valence-corrected chi connectivity index (χ2v) is 7.70. The molecule has 0 bridgehead atoms. The van der Waals surface area contributed by atoms with Gasteiger partial charge >= 0.3 is 6.03 Å². The highest BCUT2D eigenvalue weighted by Gasteiger charge is 2.47. The molecule has 1 fully saturated rings. The third kappa shape index (κ3) is 4.10. The molecule has 1 heterocycles. The van der Waals surface area contributed by atoms with Gasteiger partial charge in [-0.3, -0.25) is 14.5 Å². The van der Waals surface area contributed by atoms with Gasteiger partial charge in [0.1, 0.15) is 12.1 Å². The molecule has 1 saturated heterocycles. The van der Waals surface area contributed by atoms with Crippen LogP contribution in [0.5, 0.6) is 0 Å². The normalized spacial score (nSPS) is 19.6. The van der Waals surface area contributed by atoms with Gasteiger partial charge in [-0.1, -0.05) is 44.2 Å². The van der Waals surface area contributed by atoms with Gasteiger partial charge in [0.05, 0.1) is 0 Å². The number of imide groups is 1. The molecule has 0 aromatic heterocycles. The summed E-state index contributed by atoms with van der Waals surface area (Å²) >= 11 is 0. The zero-order valence-corrected chi connectivity index (χ0v) is 15.9. The van der Waals surface area contributed by atoms with Gasteiger partial charge in [-0.05, 0) is 48.6 Å². The summed E-state index contributed by atoms with van der Waals surface area (Å²) in [5, 5.41) is 7.58. The van der Waals surface area contributed by atoms with E-state index in [-0.39, 0.29) is 12.5 Å². The maximum Gasteiger partial charge on any atom is 0.325 e. The van der Waals surface area contributed by atoms with Gasteiger partial charge in [0.2, 0.25) is 5.91 Å². The summed E-state index contributed by atoms with van der Waals surface area (Å²) in [6, 6.07) is 12.9. The molecule has 142 valence electrons. The Morgan fingerprint density at radius 3 is 2.56 bits per heavy atom. The van der Waals surface area contributed by atoms with Crippen molar-refractivity contribution in [3.05, 3.63) is 42.5 Å². The molecule has 0 spiro atoms. The van der Waals surface area contributed by atoms with Gasteiger partial charge in [-0.2, -0.15) is 0 Å². The third-order valence-corrected chi connectivity index (χ3v) is 4.90. The number of hydrogen-bond acceptors (Lipinski definition) is 3. The third-order valence-electron chi connectivity index (χ3n) is 4.90. The van der Waals surface area contributed by atoms with Crippen molar-refractivity contribution in [3.8, 4) is 0 Å². The number of hydrogen-bond donors (Lipinski definition) is 2. The van der Waals surface area contributed by atoms with E-state index in [1.807, 2.05) is 36.4 Å². The van der Waals surface area contributed by atoms with E-state index in [0.29, 0.717) is 18.0 Å². The number of nitrogens with zero attached hydrogens (tertiary/aromatic N) is 1. The molecule has 1 aliphatic rings. The van der Waals surface area contributed by atoms with Crippen LogP contribution in [0.4, 0.5) is 10.5 Å². The second kappa shape index (κ2) is 7.39. The van der Waals surface area contributed by atoms with E-state index in [1.54, 1.807) is 13.0 Å². The van der Waals surface area contributed by atoms with Gasteiger partial charge in [-0.15, -0.1) is 0 Å². The molecular formula is C21H25N3O3. The number of amides is 4. The Morgan fingerprint density at radius 2 is 1.85 bits per heavy atom. The maximum atomic E-state index is 12.7. The van der Waals surface area contributed by atoms with Crippen molar-refractivity contribution in [1.82, 2.24) is 10.2 Å². The zero-order valence-electron chi connectivity index (χ0n) is 15.9. The Balaban J connectivity index is 1.66. The molecule has 0 saturated carbocycles. The van der Waals surface area contributed by atoms with Crippen LogP contribution in [0.3, 0.4) is 0 Å². The average Bonchev–Trinajstić information content (AvgIpc) is 2.83. The number of fused-ring (bicyclic) bond motifs is 1. The molecule has 2 aromatic rings. The first kappa shape index (κ1) is 18.9. The predicted molar refractivity (Wildman–Crippen MR) is 105 cm³/mol. The van der Waals surface area contributed by atoms with Crippen molar-refractivity contribution in [2.24, 2.45) is 5.92 Å². The van der Waals surface area contributed by atoms with E-state index in [2.05, 4.69) is 24.5 Å². The first-order valence-electron chi connectivity index (χ1n) is 9.21. The van der Waals surface area contributed by atoms with E-state index in [1.165, 1.54) is 0 Å². The number of benzene rings is 2. The highest BCUT2D eigenvalue weighted by molar-refractivity contribution is 6.10. The van der Waals surface area contributed by atoms with Crippen LogP contribution in [0.25, 0.3) is 10.8 Å². The van der Waals surface area contributed by atoms with Crippen LogP contribution in [0.15, 0.2) is 42.5 Å². The van der Waals surface area contributed by atoms with E-state index in [9.17, 15) is 14.4 Å². The topological polar surface area (TPSA) is 78.5 Å². The summed E-state index contributed by atoms with van der Waals surface area (Å²) in [5.74, 6) is -0.319.